The number of aromatic nitrogens is 2. The molecule has 7 nitrogen and oxygen atoms in total. The van der Waals surface area contributed by atoms with Gasteiger partial charge in [-0.05, 0) is 56.2 Å². The minimum Gasteiger partial charge on any atom is -0.481 e. The van der Waals surface area contributed by atoms with Crippen LogP contribution in [0.4, 0.5) is 17.1 Å². The van der Waals surface area contributed by atoms with Crippen LogP contribution < -0.4 is 15.0 Å². The third-order valence-electron chi connectivity index (χ3n) is 5.74. The van der Waals surface area contributed by atoms with E-state index >= 15 is 0 Å². The molecular weight excluding hydrogens is 404 g/mol. The summed E-state index contributed by atoms with van der Waals surface area (Å²) in [5.74, 6) is -0.813. The van der Waals surface area contributed by atoms with E-state index in [1.54, 1.807) is 12.4 Å². The first-order valence-electron chi connectivity index (χ1n) is 11.8. The van der Waals surface area contributed by atoms with Gasteiger partial charge in [-0.15, -0.1) is 0 Å². The lowest BCUT2D eigenvalue weighted by atomic mass is 9.92. The second-order valence-corrected chi connectivity index (χ2v) is 7.96. The van der Waals surface area contributed by atoms with Gasteiger partial charge in [-0.2, -0.15) is 0 Å². The Morgan fingerprint density at radius 2 is 1.78 bits per heavy atom. The Balaban J connectivity index is 2.49. The molecule has 2 aromatic rings. The summed E-state index contributed by atoms with van der Waals surface area (Å²) in [7, 11) is 0. The van der Waals surface area contributed by atoms with Crippen LogP contribution in [0.2, 0.25) is 0 Å². The molecule has 0 spiro atoms. The van der Waals surface area contributed by atoms with Crippen molar-refractivity contribution in [3.63, 3.8) is 0 Å². The Labute approximate surface area is 192 Å². The lowest BCUT2D eigenvalue weighted by Gasteiger charge is -2.34. The van der Waals surface area contributed by atoms with Gasteiger partial charge in [0.25, 0.3) is 0 Å². The number of carboxylic acid groups (broad SMARTS) is 1. The molecule has 0 aliphatic heterocycles. The molecule has 0 bridgehead atoms. The first-order valence-corrected chi connectivity index (χ1v) is 11.8. The highest BCUT2D eigenvalue weighted by molar-refractivity contribution is 5.77. The molecule has 2 rings (SSSR count). The van der Waals surface area contributed by atoms with Gasteiger partial charge in [0.15, 0.2) is 0 Å². The van der Waals surface area contributed by atoms with Crippen molar-refractivity contribution >= 4 is 23.0 Å². The van der Waals surface area contributed by atoms with E-state index < -0.39 is 5.97 Å². The largest absolute Gasteiger partial charge is 0.481 e. The topological polar surface area (TPSA) is 87.6 Å². The summed E-state index contributed by atoms with van der Waals surface area (Å²) in [6.07, 6.45) is 7.46. The highest BCUT2D eigenvalue weighted by atomic mass is 16.5. The number of benzene rings is 1. The van der Waals surface area contributed by atoms with E-state index in [1.165, 1.54) is 0 Å². The van der Waals surface area contributed by atoms with Crippen molar-refractivity contribution < 1.29 is 14.6 Å². The maximum absolute atomic E-state index is 11.4. The lowest BCUT2D eigenvalue weighted by molar-refractivity contribution is -0.137. The second-order valence-electron chi connectivity index (χ2n) is 7.96. The Hall–Kier alpha value is -2.83. The molecule has 0 saturated heterocycles. The summed E-state index contributed by atoms with van der Waals surface area (Å²) in [5.41, 5.74) is 3.84. The van der Waals surface area contributed by atoms with Crippen LogP contribution in [0.25, 0.3) is 0 Å². The predicted molar refractivity (Wildman–Crippen MR) is 130 cm³/mol. The maximum atomic E-state index is 11.4. The number of hydrogen-bond donors (Lipinski definition) is 2. The van der Waals surface area contributed by atoms with Crippen LogP contribution in [0.1, 0.15) is 78.2 Å². The third kappa shape index (κ3) is 6.84. The van der Waals surface area contributed by atoms with Crippen LogP contribution in [0.5, 0.6) is 6.01 Å². The fraction of sp³-hybridized carbons (Fsp3) is 0.560. The van der Waals surface area contributed by atoms with Crippen LogP contribution >= 0.6 is 0 Å². The number of aliphatic carboxylic acids is 1. The van der Waals surface area contributed by atoms with Gasteiger partial charge in [-0.3, -0.25) is 4.79 Å². The summed E-state index contributed by atoms with van der Waals surface area (Å²) in [4.78, 5) is 22.4. The van der Waals surface area contributed by atoms with Gasteiger partial charge in [0.2, 0.25) is 0 Å². The van der Waals surface area contributed by atoms with E-state index in [-0.39, 0.29) is 12.3 Å². The zero-order valence-corrected chi connectivity index (χ0v) is 20.1. The molecule has 0 aliphatic rings. The average Bonchev–Trinajstić information content (AvgIpc) is 2.79. The standard InChI is InChI=1S/C25H38N4O3/c1-6-13-29(21(8-3)9-4)23-12-11-19(18(7-2)15-24(30)31)14-22(23)28-20-16-26-25(27-17-20)32-10-5/h11-12,14,16-18,21,28H,6-10,13,15H2,1-5H3,(H,30,31)/t18-/m0/s1. The molecule has 1 aromatic carbocycles. The zero-order chi connectivity index (χ0) is 23.5. The fourth-order valence-corrected chi connectivity index (χ4v) is 4.08. The van der Waals surface area contributed by atoms with E-state index in [9.17, 15) is 9.90 Å². The average molecular weight is 443 g/mol. The number of ether oxygens (including phenoxy) is 1. The Morgan fingerprint density at radius 1 is 1.09 bits per heavy atom. The van der Waals surface area contributed by atoms with Crippen molar-refractivity contribution in [1.82, 2.24) is 9.97 Å². The van der Waals surface area contributed by atoms with Gasteiger partial charge >= 0.3 is 12.0 Å². The Morgan fingerprint density at radius 3 is 2.31 bits per heavy atom. The number of carbonyl (C=O) groups is 1. The smallest absolute Gasteiger partial charge is 0.316 e. The van der Waals surface area contributed by atoms with Crippen molar-refractivity contribution in [3.05, 3.63) is 36.2 Å². The van der Waals surface area contributed by atoms with Crippen LogP contribution in [0.3, 0.4) is 0 Å². The molecule has 0 aliphatic carbocycles. The van der Waals surface area contributed by atoms with Crippen LogP contribution in [0, 0.1) is 0 Å². The first-order chi connectivity index (χ1) is 15.5. The van der Waals surface area contributed by atoms with Crippen LogP contribution in [-0.4, -0.2) is 40.2 Å². The molecule has 0 saturated carbocycles. The number of nitrogens with zero attached hydrogens (tertiary/aromatic N) is 3. The Bertz CT molecular complexity index is 838. The molecule has 0 radical (unpaired) electrons. The van der Waals surface area contributed by atoms with E-state index in [0.29, 0.717) is 18.7 Å². The van der Waals surface area contributed by atoms with E-state index in [4.69, 9.17) is 4.74 Å². The molecule has 1 heterocycles. The van der Waals surface area contributed by atoms with Crippen LogP contribution in [0.15, 0.2) is 30.6 Å². The SMILES string of the molecule is CCCN(c1ccc([C@@H](CC)CC(=O)O)cc1Nc1cnc(OCC)nc1)C(CC)CC. The van der Waals surface area contributed by atoms with Crippen molar-refractivity contribution in [2.45, 2.75) is 78.7 Å². The molecule has 2 N–H and O–H groups in total. The van der Waals surface area contributed by atoms with E-state index in [1.807, 2.05) is 13.8 Å². The highest BCUT2D eigenvalue weighted by Crippen LogP contribution is 2.36. The van der Waals surface area contributed by atoms with Crippen molar-refractivity contribution in [2.24, 2.45) is 0 Å². The Kier molecular flexibility index (Phi) is 10.2. The van der Waals surface area contributed by atoms with Crippen LogP contribution in [-0.2, 0) is 4.79 Å². The fourth-order valence-electron chi connectivity index (χ4n) is 4.08. The van der Waals surface area contributed by atoms with E-state index in [0.717, 1.165) is 54.9 Å². The number of rotatable bonds is 14. The third-order valence-corrected chi connectivity index (χ3v) is 5.74. The van der Waals surface area contributed by atoms with Gasteiger partial charge in [0, 0.05) is 12.6 Å². The molecular formula is C25H38N4O3. The highest BCUT2D eigenvalue weighted by Gasteiger charge is 2.21. The quantitative estimate of drug-likeness (QED) is 0.371. The number of anilines is 3. The van der Waals surface area contributed by atoms with Crippen molar-refractivity contribution in [3.8, 4) is 6.01 Å². The normalized spacial score (nSPS) is 11.9. The second kappa shape index (κ2) is 12.9. The number of hydrogen-bond acceptors (Lipinski definition) is 6. The van der Waals surface area contributed by atoms with Gasteiger partial charge in [0.1, 0.15) is 0 Å². The minimum absolute atomic E-state index is 0.0357. The molecule has 0 amide bonds. The maximum Gasteiger partial charge on any atom is 0.316 e. The van der Waals surface area contributed by atoms with Crippen molar-refractivity contribution in [1.29, 1.82) is 0 Å². The van der Waals surface area contributed by atoms with Gasteiger partial charge in [-0.1, -0.05) is 33.8 Å². The molecule has 7 heteroatoms. The lowest BCUT2D eigenvalue weighted by Crippen LogP contribution is -2.35. The molecule has 1 atom stereocenters. The number of nitrogens with one attached hydrogen (secondary N) is 1. The van der Waals surface area contributed by atoms with Gasteiger partial charge < -0.3 is 20.1 Å². The summed E-state index contributed by atoms with van der Waals surface area (Å²) in [6.45, 7) is 12.0. The summed E-state index contributed by atoms with van der Waals surface area (Å²) < 4.78 is 5.35. The summed E-state index contributed by atoms with van der Waals surface area (Å²) >= 11 is 0. The van der Waals surface area contributed by atoms with Gasteiger partial charge in [-0.25, -0.2) is 9.97 Å². The first kappa shape index (κ1) is 25.4. The summed E-state index contributed by atoms with van der Waals surface area (Å²) in [6, 6.07) is 7.08. The molecule has 0 fully saturated rings. The predicted octanol–water partition coefficient (Wildman–Crippen LogP) is 5.99. The molecule has 1 aromatic heterocycles. The monoisotopic (exact) mass is 442 g/mol. The molecule has 0 unspecified atom stereocenters. The van der Waals surface area contributed by atoms with E-state index in [2.05, 4.69) is 59.2 Å². The number of carboxylic acids is 1. The summed E-state index contributed by atoms with van der Waals surface area (Å²) in [5, 5.41) is 12.8. The molecule has 32 heavy (non-hydrogen) atoms. The van der Waals surface area contributed by atoms with Crippen molar-refractivity contribution in [2.75, 3.05) is 23.4 Å². The zero-order valence-electron chi connectivity index (χ0n) is 20.1. The molecule has 176 valence electrons. The minimum atomic E-state index is -0.778. The van der Waals surface area contributed by atoms with Gasteiger partial charge in [0.05, 0.1) is 42.5 Å².